The highest BCUT2D eigenvalue weighted by atomic mass is 32.2. The summed E-state index contributed by atoms with van der Waals surface area (Å²) in [6.07, 6.45) is 3.84. The van der Waals surface area contributed by atoms with Crippen molar-refractivity contribution in [2.45, 2.75) is 4.90 Å². The summed E-state index contributed by atoms with van der Waals surface area (Å²) >= 11 is 0. The van der Waals surface area contributed by atoms with Gasteiger partial charge in [-0.1, -0.05) is 30.4 Å². The molecule has 0 spiro atoms. The zero-order chi connectivity index (χ0) is 15.7. The monoisotopic (exact) mass is 317 g/mol. The van der Waals surface area contributed by atoms with Gasteiger partial charge in [0.2, 0.25) is 10.0 Å². The normalized spacial score (nSPS) is 14.5. The van der Waals surface area contributed by atoms with Gasteiger partial charge in [-0.15, -0.1) is 0 Å². The highest BCUT2D eigenvalue weighted by Crippen LogP contribution is 2.26. The molecule has 7 heteroatoms. The molecule has 0 saturated carbocycles. The molecule has 0 radical (unpaired) electrons. The number of nitrogens with two attached hydrogens (primary N) is 1. The van der Waals surface area contributed by atoms with Crippen LogP contribution in [0.2, 0.25) is 0 Å². The maximum atomic E-state index is 12.2. The smallest absolute Gasteiger partial charge is 0.317 e. The minimum Gasteiger partial charge on any atom is -0.317 e. The minimum absolute atomic E-state index is 0.0181. The van der Waals surface area contributed by atoms with E-state index in [2.05, 4.69) is 5.32 Å². The molecule has 114 valence electrons. The second kappa shape index (κ2) is 5.43. The van der Waals surface area contributed by atoms with E-state index in [0.717, 1.165) is 5.39 Å². The van der Waals surface area contributed by atoms with Gasteiger partial charge in [-0.2, -0.15) is 0 Å². The molecule has 2 aromatic carbocycles. The zero-order valence-electron chi connectivity index (χ0n) is 11.7. The second-order valence-corrected chi connectivity index (χ2v) is 6.60. The van der Waals surface area contributed by atoms with Crippen molar-refractivity contribution >= 4 is 32.5 Å². The highest BCUT2D eigenvalue weighted by Gasteiger charge is 2.16. The van der Waals surface area contributed by atoms with Gasteiger partial charge in [-0.25, -0.2) is 18.4 Å². The number of anilines is 1. The van der Waals surface area contributed by atoms with Crippen molar-refractivity contribution < 1.29 is 13.2 Å². The van der Waals surface area contributed by atoms with Gasteiger partial charge in [-0.3, -0.25) is 0 Å². The van der Waals surface area contributed by atoms with E-state index in [1.165, 1.54) is 12.1 Å². The van der Waals surface area contributed by atoms with Crippen molar-refractivity contribution in [3.63, 3.8) is 0 Å². The number of rotatable bonds is 2. The van der Waals surface area contributed by atoms with Crippen LogP contribution in [-0.2, 0) is 10.0 Å². The lowest BCUT2D eigenvalue weighted by molar-refractivity contribution is 0.224. The third-order valence-electron chi connectivity index (χ3n) is 3.53. The lowest BCUT2D eigenvalue weighted by Gasteiger charge is -2.17. The van der Waals surface area contributed by atoms with Crippen LogP contribution in [0.25, 0.3) is 10.8 Å². The Kier molecular flexibility index (Phi) is 3.59. The van der Waals surface area contributed by atoms with E-state index in [-0.39, 0.29) is 10.9 Å². The molecule has 22 heavy (non-hydrogen) atoms. The van der Waals surface area contributed by atoms with Crippen molar-refractivity contribution in [1.82, 2.24) is 4.90 Å². The largest absolute Gasteiger partial charge is 0.322 e. The van der Waals surface area contributed by atoms with Gasteiger partial charge in [0.15, 0.2) is 0 Å². The van der Waals surface area contributed by atoms with Gasteiger partial charge in [0.1, 0.15) is 0 Å². The Morgan fingerprint density at radius 3 is 2.55 bits per heavy atom. The molecule has 0 saturated heterocycles. The standard InChI is InChI=1S/C15H15N3O3S/c16-22(20,21)12-7-6-11-4-3-5-14(13(11)10-12)17-15(19)18-8-1-2-9-18/h1-7,10H,8-9H2,(H,17,19)(H2,16,20,21). The van der Waals surface area contributed by atoms with Gasteiger partial charge in [-0.05, 0) is 23.6 Å². The molecule has 0 atom stereocenters. The van der Waals surface area contributed by atoms with Gasteiger partial charge in [0.05, 0.1) is 10.6 Å². The molecular formula is C15H15N3O3S. The number of fused-ring (bicyclic) bond motifs is 1. The molecule has 0 aliphatic carbocycles. The van der Waals surface area contributed by atoms with Gasteiger partial charge in [0.25, 0.3) is 0 Å². The van der Waals surface area contributed by atoms with E-state index in [9.17, 15) is 13.2 Å². The topological polar surface area (TPSA) is 92.5 Å². The van der Waals surface area contributed by atoms with E-state index in [1.54, 1.807) is 23.1 Å². The molecule has 0 fully saturated rings. The summed E-state index contributed by atoms with van der Waals surface area (Å²) in [5, 5.41) is 9.44. The Morgan fingerprint density at radius 2 is 1.86 bits per heavy atom. The van der Waals surface area contributed by atoms with E-state index < -0.39 is 10.0 Å². The lowest BCUT2D eigenvalue weighted by Crippen LogP contribution is -2.32. The first-order chi connectivity index (χ1) is 10.4. The third-order valence-corrected chi connectivity index (χ3v) is 4.44. The van der Waals surface area contributed by atoms with Crippen LogP contribution in [0.5, 0.6) is 0 Å². The van der Waals surface area contributed by atoms with E-state index >= 15 is 0 Å². The second-order valence-electron chi connectivity index (χ2n) is 5.04. The molecular weight excluding hydrogens is 302 g/mol. The highest BCUT2D eigenvalue weighted by molar-refractivity contribution is 7.89. The number of nitrogens with one attached hydrogen (secondary N) is 1. The lowest BCUT2D eigenvalue weighted by atomic mass is 10.1. The number of carbonyl (C=O) groups excluding carboxylic acids is 1. The van der Waals surface area contributed by atoms with E-state index in [4.69, 9.17) is 5.14 Å². The quantitative estimate of drug-likeness (QED) is 0.828. The Morgan fingerprint density at radius 1 is 1.14 bits per heavy atom. The molecule has 6 nitrogen and oxygen atoms in total. The fourth-order valence-corrected chi connectivity index (χ4v) is 2.92. The van der Waals surface area contributed by atoms with E-state index in [1.807, 2.05) is 18.2 Å². The minimum atomic E-state index is -3.79. The van der Waals surface area contributed by atoms with Crippen LogP contribution in [0, 0.1) is 0 Å². The van der Waals surface area contributed by atoms with Gasteiger partial charge < -0.3 is 10.2 Å². The maximum Gasteiger partial charge on any atom is 0.322 e. The van der Waals surface area contributed by atoms with Crippen molar-refractivity contribution in [3.05, 3.63) is 48.6 Å². The predicted octanol–water partition coefficient (Wildman–Crippen LogP) is 1.89. The average Bonchev–Trinajstić information content (AvgIpc) is 3.00. The fraction of sp³-hybridized carbons (Fsp3) is 0.133. The number of amides is 2. The van der Waals surface area contributed by atoms with Crippen LogP contribution in [0.15, 0.2) is 53.4 Å². The first kappa shape index (κ1) is 14.6. The number of hydrogen-bond acceptors (Lipinski definition) is 3. The van der Waals surface area contributed by atoms with Crippen LogP contribution in [-0.4, -0.2) is 32.4 Å². The number of hydrogen-bond donors (Lipinski definition) is 2. The molecule has 2 aromatic rings. The van der Waals surface area contributed by atoms with Crippen molar-refractivity contribution in [1.29, 1.82) is 0 Å². The van der Waals surface area contributed by atoms with Crippen molar-refractivity contribution in [2.75, 3.05) is 18.4 Å². The molecule has 0 unspecified atom stereocenters. The number of urea groups is 1. The third kappa shape index (κ3) is 2.81. The van der Waals surface area contributed by atoms with Crippen molar-refractivity contribution in [2.24, 2.45) is 5.14 Å². The van der Waals surface area contributed by atoms with Crippen molar-refractivity contribution in [3.8, 4) is 0 Å². The summed E-state index contributed by atoms with van der Waals surface area (Å²) in [6.45, 7) is 1.14. The number of primary sulfonamides is 1. The number of carbonyl (C=O) groups is 1. The number of sulfonamides is 1. The molecule has 1 aliphatic heterocycles. The van der Waals surface area contributed by atoms with E-state index in [0.29, 0.717) is 24.2 Å². The van der Waals surface area contributed by atoms with Gasteiger partial charge >= 0.3 is 6.03 Å². The molecule has 3 rings (SSSR count). The van der Waals surface area contributed by atoms with Crippen LogP contribution in [0.1, 0.15) is 0 Å². The molecule has 1 heterocycles. The summed E-state index contributed by atoms with van der Waals surface area (Å²) < 4.78 is 23.0. The molecule has 1 aliphatic rings. The fourth-order valence-electron chi connectivity index (χ4n) is 2.38. The Balaban J connectivity index is 1.99. The van der Waals surface area contributed by atoms with Crippen LogP contribution >= 0.6 is 0 Å². The molecule has 0 bridgehead atoms. The Bertz CT molecular complexity index is 867. The summed E-state index contributed by atoms with van der Waals surface area (Å²) in [5.74, 6) is 0. The maximum absolute atomic E-state index is 12.2. The summed E-state index contributed by atoms with van der Waals surface area (Å²) in [6, 6.07) is 9.75. The summed E-state index contributed by atoms with van der Waals surface area (Å²) in [4.78, 5) is 13.8. The Hall–Kier alpha value is -2.38. The molecule has 2 amide bonds. The predicted molar refractivity (Wildman–Crippen MR) is 85.1 cm³/mol. The van der Waals surface area contributed by atoms with Crippen LogP contribution < -0.4 is 10.5 Å². The SMILES string of the molecule is NS(=O)(=O)c1ccc2cccc(NC(=O)N3CC=CC3)c2c1. The number of benzene rings is 2. The summed E-state index contributed by atoms with van der Waals surface area (Å²) in [5.41, 5.74) is 0.555. The Labute approximate surface area is 128 Å². The van der Waals surface area contributed by atoms with Crippen LogP contribution in [0.3, 0.4) is 0 Å². The van der Waals surface area contributed by atoms with Crippen LogP contribution in [0.4, 0.5) is 10.5 Å². The molecule has 0 aromatic heterocycles. The average molecular weight is 317 g/mol. The summed E-state index contributed by atoms with van der Waals surface area (Å²) in [7, 11) is -3.79. The first-order valence-corrected chi connectivity index (χ1v) is 8.26. The van der Waals surface area contributed by atoms with Gasteiger partial charge in [0, 0.05) is 18.5 Å². The molecule has 3 N–H and O–H groups in total. The first-order valence-electron chi connectivity index (χ1n) is 6.72. The zero-order valence-corrected chi connectivity index (χ0v) is 12.5. The number of nitrogens with zero attached hydrogens (tertiary/aromatic N) is 1.